The fraction of sp³-hybridized carbons (Fsp3) is 0.267. The van der Waals surface area contributed by atoms with Crippen LogP contribution >= 0.6 is 11.6 Å². The van der Waals surface area contributed by atoms with Crippen molar-refractivity contribution in [3.63, 3.8) is 0 Å². The number of hydrogen-bond donors (Lipinski definition) is 0. The minimum absolute atomic E-state index is 0.164. The Morgan fingerprint density at radius 3 is 2.56 bits per heavy atom. The van der Waals surface area contributed by atoms with Crippen molar-refractivity contribution in [3.05, 3.63) is 57.9 Å². The third kappa shape index (κ3) is 2.21. The number of carbonyl (C=O) groups is 1. The van der Waals surface area contributed by atoms with E-state index in [4.69, 9.17) is 11.6 Å². The topological polar surface area (TPSA) is 22.0 Å². The van der Waals surface area contributed by atoms with Gasteiger partial charge < -0.3 is 4.57 Å². The highest BCUT2D eigenvalue weighted by Gasteiger charge is 2.15. The predicted molar refractivity (Wildman–Crippen MR) is 74.6 cm³/mol. The Kier molecular flexibility index (Phi) is 3.58. The van der Waals surface area contributed by atoms with Crippen LogP contribution in [0.2, 0.25) is 5.02 Å². The van der Waals surface area contributed by atoms with Gasteiger partial charge in [-0.3, -0.25) is 4.79 Å². The highest BCUT2D eigenvalue weighted by molar-refractivity contribution is 6.30. The van der Waals surface area contributed by atoms with Crippen LogP contribution in [0.25, 0.3) is 0 Å². The third-order valence-electron chi connectivity index (χ3n) is 3.37. The predicted octanol–water partition coefficient (Wildman–Crippen LogP) is 4.18. The second kappa shape index (κ2) is 4.99. The van der Waals surface area contributed by atoms with Crippen LogP contribution in [0, 0.1) is 13.8 Å². The first-order valence-corrected chi connectivity index (χ1v) is 6.31. The van der Waals surface area contributed by atoms with Gasteiger partial charge in [0.2, 0.25) is 0 Å². The number of hydrogen-bond acceptors (Lipinski definition) is 1. The lowest BCUT2D eigenvalue weighted by Gasteiger charge is -2.19. The van der Waals surface area contributed by atoms with Crippen LogP contribution in [-0.4, -0.2) is 10.9 Å². The van der Waals surface area contributed by atoms with Gasteiger partial charge in [-0.1, -0.05) is 23.7 Å². The molecule has 0 fully saturated rings. The largest absolute Gasteiger partial charge is 0.341 e. The van der Waals surface area contributed by atoms with Gasteiger partial charge in [-0.15, -0.1) is 0 Å². The van der Waals surface area contributed by atoms with Crippen LogP contribution in [0.1, 0.15) is 40.3 Å². The Morgan fingerprint density at radius 2 is 2.00 bits per heavy atom. The van der Waals surface area contributed by atoms with E-state index in [0.29, 0.717) is 0 Å². The monoisotopic (exact) mass is 261 g/mol. The van der Waals surface area contributed by atoms with Crippen LogP contribution in [0.4, 0.5) is 0 Å². The molecule has 2 nitrogen and oxygen atoms in total. The summed E-state index contributed by atoms with van der Waals surface area (Å²) in [5.41, 5.74) is 3.97. The molecule has 0 saturated heterocycles. The van der Waals surface area contributed by atoms with Crippen molar-refractivity contribution >= 4 is 17.9 Å². The minimum atomic E-state index is 0.164. The number of aromatic nitrogens is 1. The van der Waals surface area contributed by atoms with E-state index < -0.39 is 0 Å². The maximum Gasteiger partial charge on any atom is 0.151 e. The van der Waals surface area contributed by atoms with Gasteiger partial charge in [-0.2, -0.15) is 0 Å². The van der Waals surface area contributed by atoms with Gasteiger partial charge in [0, 0.05) is 22.0 Å². The summed E-state index contributed by atoms with van der Waals surface area (Å²) in [7, 11) is 0. The molecule has 1 unspecified atom stereocenters. The van der Waals surface area contributed by atoms with Crippen molar-refractivity contribution in [2.24, 2.45) is 0 Å². The molecule has 1 aromatic heterocycles. The number of aryl methyl sites for hydroxylation is 1. The quantitative estimate of drug-likeness (QED) is 0.760. The molecule has 0 aliphatic heterocycles. The van der Waals surface area contributed by atoms with E-state index in [9.17, 15) is 4.79 Å². The third-order valence-corrected chi connectivity index (χ3v) is 3.60. The molecule has 2 rings (SSSR count). The summed E-state index contributed by atoms with van der Waals surface area (Å²) in [4.78, 5) is 11.0. The summed E-state index contributed by atoms with van der Waals surface area (Å²) >= 11 is 6.02. The Balaban J connectivity index is 2.49. The summed E-state index contributed by atoms with van der Waals surface area (Å²) in [5.74, 6) is 0. The summed E-state index contributed by atoms with van der Waals surface area (Å²) in [5, 5.41) is 0.734. The van der Waals surface area contributed by atoms with Gasteiger partial charge >= 0.3 is 0 Å². The molecule has 0 N–H and O–H groups in total. The van der Waals surface area contributed by atoms with Crippen molar-refractivity contribution in [3.8, 4) is 0 Å². The van der Waals surface area contributed by atoms with E-state index in [1.165, 1.54) is 0 Å². The lowest BCUT2D eigenvalue weighted by Crippen LogP contribution is -2.10. The molecule has 3 heteroatoms. The molecule has 0 aliphatic carbocycles. The van der Waals surface area contributed by atoms with E-state index in [2.05, 4.69) is 17.6 Å². The fourth-order valence-corrected chi connectivity index (χ4v) is 2.63. The summed E-state index contributed by atoms with van der Waals surface area (Å²) in [6, 6.07) is 9.91. The van der Waals surface area contributed by atoms with Crippen LogP contribution in [0.5, 0.6) is 0 Å². The number of rotatable bonds is 3. The average molecular weight is 262 g/mol. The number of nitrogens with zero attached hydrogens (tertiary/aromatic N) is 1. The zero-order valence-corrected chi connectivity index (χ0v) is 11.5. The first kappa shape index (κ1) is 12.9. The van der Waals surface area contributed by atoms with Gasteiger partial charge in [-0.25, -0.2) is 0 Å². The van der Waals surface area contributed by atoms with E-state index in [1.54, 1.807) is 0 Å². The second-order valence-corrected chi connectivity index (χ2v) is 4.98. The minimum Gasteiger partial charge on any atom is -0.341 e. The highest BCUT2D eigenvalue weighted by atomic mass is 35.5. The van der Waals surface area contributed by atoms with Gasteiger partial charge in [0.05, 0.1) is 6.04 Å². The molecule has 94 valence electrons. The van der Waals surface area contributed by atoms with Gasteiger partial charge in [-0.05, 0) is 44.5 Å². The molecule has 2 aromatic rings. The molecule has 0 aliphatic rings. The number of halogens is 1. The molecule has 0 saturated carbocycles. The Hall–Kier alpha value is -1.54. The second-order valence-electron chi connectivity index (χ2n) is 4.55. The van der Waals surface area contributed by atoms with Crippen molar-refractivity contribution < 1.29 is 4.79 Å². The number of carbonyl (C=O) groups excluding carboxylic acids is 1. The maximum atomic E-state index is 11.0. The van der Waals surface area contributed by atoms with Crippen LogP contribution < -0.4 is 0 Å². The normalized spacial score (nSPS) is 12.4. The van der Waals surface area contributed by atoms with Crippen molar-refractivity contribution in [2.75, 3.05) is 0 Å². The van der Waals surface area contributed by atoms with Gasteiger partial charge in [0.15, 0.2) is 6.29 Å². The van der Waals surface area contributed by atoms with Gasteiger partial charge in [0.25, 0.3) is 0 Å². The molecule has 1 atom stereocenters. The van der Waals surface area contributed by atoms with Crippen molar-refractivity contribution in [1.82, 2.24) is 4.57 Å². The van der Waals surface area contributed by atoms with Crippen molar-refractivity contribution in [2.45, 2.75) is 26.8 Å². The van der Waals surface area contributed by atoms with E-state index >= 15 is 0 Å². The smallest absolute Gasteiger partial charge is 0.151 e. The molecule has 1 heterocycles. The Labute approximate surface area is 112 Å². The molecule has 0 bridgehead atoms. The molecule has 0 spiro atoms. The zero-order chi connectivity index (χ0) is 13.3. The standard InChI is InChI=1S/C15H16ClNO/c1-10-7-14(9-18)12(3)17(10)11(2)13-5-4-6-15(16)8-13/h4-9,11H,1-3H3. The lowest BCUT2D eigenvalue weighted by molar-refractivity contribution is 0.112. The fourth-order valence-electron chi connectivity index (χ4n) is 2.43. The van der Waals surface area contributed by atoms with Crippen LogP contribution in [0.15, 0.2) is 30.3 Å². The van der Waals surface area contributed by atoms with Gasteiger partial charge in [0.1, 0.15) is 0 Å². The number of benzene rings is 1. The molecule has 18 heavy (non-hydrogen) atoms. The lowest BCUT2D eigenvalue weighted by atomic mass is 10.1. The average Bonchev–Trinajstić information content (AvgIpc) is 2.63. The Bertz CT molecular complexity index is 586. The SMILES string of the molecule is Cc1cc(C=O)c(C)n1C(C)c1cccc(Cl)c1. The molecule has 0 radical (unpaired) electrons. The van der Waals surface area contributed by atoms with Crippen LogP contribution in [0.3, 0.4) is 0 Å². The van der Waals surface area contributed by atoms with Crippen molar-refractivity contribution in [1.29, 1.82) is 0 Å². The maximum absolute atomic E-state index is 11.0. The first-order valence-electron chi connectivity index (χ1n) is 5.93. The molecule has 1 aromatic carbocycles. The molecule has 0 amide bonds. The van der Waals surface area contributed by atoms with E-state index in [0.717, 1.165) is 33.8 Å². The highest BCUT2D eigenvalue weighted by Crippen LogP contribution is 2.26. The zero-order valence-electron chi connectivity index (χ0n) is 10.8. The summed E-state index contributed by atoms with van der Waals surface area (Å²) in [6.07, 6.45) is 0.906. The van der Waals surface area contributed by atoms with E-state index in [-0.39, 0.29) is 6.04 Å². The Morgan fingerprint density at radius 1 is 1.28 bits per heavy atom. The molecular weight excluding hydrogens is 246 g/mol. The molecular formula is C15H16ClNO. The number of aldehydes is 1. The van der Waals surface area contributed by atoms with Crippen LogP contribution in [-0.2, 0) is 0 Å². The summed E-state index contributed by atoms with van der Waals surface area (Å²) in [6.45, 7) is 6.10. The first-order chi connectivity index (χ1) is 8.54. The van der Waals surface area contributed by atoms with E-state index in [1.807, 2.05) is 38.1 Å². The summed E-state index contributed by atoms with van der Waals surface area (Å²) < 4.78 is 2.16.